The van der Waals surface area contributed by atoms with Crippen LogP contribution in [0.5, 0.6) is 5.75 Å². The van der Waals surface area contributed by atoms with E-state index in [-0.39, 0.29) is 0 Å². The predicted octanol–water partition coefficient (Wildman–Crippen LogP) is 2.61. The van der Waals surface area contributed by atoms with Crippen molar-refractivity contribution in [3.8, 4) is 5.75 Å². The highest BCUT2D eigenvalue weighted by Crippen LogP contribution is 2.30. The molecule has 0 fully saturated rings. The summed E-state index contributed by atoms with van der Waals surface area (Å²) in [5.74, 6) is 0.128. The van der Waals surface area contributed by atoms with E-state index < -0.39 is 5.97 Å². The van der Waals surface area contributed by atoms with E-state index >= 15 is 0 Å². The fourth-order valence-electron chi connectivity index (χ4n) is 1.18. The third kappa shape index (κ3) is 2.88. The predicted molar refractivity (Wildman–Crippen MR) is 65.7 cm³/mol. The second-order valence-corrected chi connectivity index (χ2v) is 4.06. The van der Waals surface area contributed by atoms with Crippen molar-refractivity contribution in [3.05, 3.63) is 22.2 Å². The summed E-state index contributed by atoms with van der Waals surface area (Å²) >= 11 is 3.33. The number of ether oxygens (including phenoxy) is 2. The van der Waals surface area contributed by atoms with Crippen LogP contribution in [0.15, 0.2) is 16.6 Å². The van der Waals surface area contributed by atoms with Crippen LogP contribution in [0.4, 0.5) is 5.69 Å². The molecule has 0 bridgehead atoms. The zero-order chi connectivity index (χ0) is 12.1. The molecule has 0 radical (unpaired) electrons. The van der Waals surface area contributed by atoms with Gasteiger partial charge in [-0.1, -0.05) is 6.92 Å². The molecule has 4 nitrogen and oxygen atoms in total. The van der Waals surface area contributed by atoms with Crippen molar-refractivity contribution in [3.63, 3.8) is 0 Å². The molecule has 0 aliphatic heterocycles. The van der Waals surface area contributed by atoms with Gasteiger partial charge in [0.1, 0.15) is 5.75 Å². The zero-order valence-corrected chi connectivity index (χ0v) is 10.8. The summed E-state index contributed by atoms with van der Waals surface area (Å²) in [5, 5.41) is 0. The maximum absolute atomic E-state index is 11.4. The minimum atomic E-state index is -0.466. The molecule has 0 heterocycles. The highest BCUT2D eigenvalue weighted by Gasteiger charge is 2.14. The molecular weight excluding hydrogens is 274 g/mol. The number of carbonyl (C=O) groups is 1. The van der Waals surface area contributed by atoms with E-state index in [4.69, 9.17) is 10.5 Å². The molecule has 16 heavy (non-hydrogen) atoms. The standard InChI is InChI=1S/C11H14BrNO3/c1-3-4-16-10-5-7(11(14)15-2)9(13)6-8(10)12/h5-6H,3-4,13H2,1-2H3. The molecule has 0 saturated carbocycles. The first-order valence-electron chi connectivity index (χ1n) is 4.90. The average molecular weight is 288 g/mol. The molecule has 0 aromatic heterocycles. The number of nitrogen functional groups attached to an aromatic ring is 1. The number of methoxy groups -OCH3 is 1. The average Bonchev–Trinajstić information content (AvgIpc) is 2.27. The number of nitrogens with two attached hydrogens (primary N) is 1. The number of anilines is 1. The van der Waals surface area contributed by atoms with E-state index in [2.05, 4.69) is 20.7 Å². The van der Waals surface area contributed by atoms with Crippen LogP contribution in [-0.2, 0) is 4.74 Å². The van der Waals surface area contributed by atoms with Crippen LogP contribution in [0.1, 0.15) is 23.7 Å². The molecule has 0 aliphatic rings. The van der Waals surface area contributed by atoms with Gasteiger partial charge in [-0.15, -0.1) is 0 Å². The van der Waals surface area contributed by atoms with Gasteiger partial charge in [-0.3, -0.25) is 0 Å². The van der Waals surface area contributed by atoms with E-state index in [9.17, 15) is 4.79 Å². The quantitative estimate of drug-likeness (QED) is 0.683. The summed E-state index contributed by atoms with van der Waals surface area (Å²) in [6, 6.07) is 3.22. The number of benzene rings is 1. The third-order valence-electron chi connectivity index (χ3n) is 1.97. The molecule has 0 atom stereocenters. The van der Waals surface area contributed by atoms with Gasteiger partial charge in [0.25, 0.3) is 0 Å². The fraction of sp³-hybridized carbons (Fsp3) is 0.364. The minimum Gasteiger partial charge on any atom is -0.492 e. The van der Waals surface area contributed by atoms with E-state index in [1.165, 1.54) is 7.11 Å². The van der Waals surface area contributed by atoms with Gasteiger partial charge in [-0.2, -0.15) is 0 Å². The van der Waals surface area contributed by atoms with Crippen molar-refractivity contribution in [2.45, 2.75) is 13.3 Å². The summed E-state index contributed by atoms with van der Waals surface area (Å²) < 4.78 is 10.8. The fourth-order valence-corrected chi connectivity index (χ4v) is 1.65. The largest absolute Gasteiger partial charge is 0.492 e. The molecule has 88 valence electrons. The smallest absolute Gasteiger partial charge is 0.340 e. The summed E-state index contributed by atoms with van der Waals surface area (Å²) in [6.45, 7) is 2.59. The number of carbonyl (C=O) groups excluding carboxylic acids is 1. The van der Waals surface area contributed by atoms with Gasteiger partial charge in [-0.05, 0) is 34.5 Å². The molecule has 1 aromatic rings. The summed E-state index contributed by atoms with van der Waals surface area (Å²) in [5.41, 5.74) is 6.39. The van der Waals surface area contributed by atoms with Gasteiger partial charge in [0.15, 0.2) is 0 Å². The van der Waals surface area contributed by atoms with Gasteiger partial charge in [0.05, 0.1) is 23.8 Å². The zero-order valence-electron chi connectivity index (χ0n) is 9.25. The Morgan fingerprint density at radius 1 is 1.50 bits per heavy atom. The number of esters is 1. The molecule has 1 aromatic carbocycles. The van der Waals surface area contributed by atoms with Crippen molar-refractivity contribution in [2.75, 3.05) is 19.5 Å². The molecule has 5 heteroatoms. The van der Waals surface area contributed by atoms with E-state index in [1.807, 2.05) is 6.92 Å². The van der Waals surface area contributed by atoms with Crippen LogP contribution >= 0.6 is 15.9 Å². The number of hydrogen-bond donors (Lipinski definition) is 1. The number of rotatable bonds is 4. The Bertz CT molecular complexity index is 393. The van der Waals surface area contributed by atoms with Crippen molar-refractivity contribution in [1.29, 1.82) is 0 Å². The first-order chi connectivity index (χ1) is 7.60. The van der Waals surface area contributed by atoms with Gasteiger partial charge >= 0.3 is 5.97 Å². The number of halogens is 1. The van der Waals surface area contributed by atoms with E-state index in [0.717, 1.165) is 10.9 Å². The van der Waals surface area contributed by atoms with Crippen molar-refractivity contribution in [2.24, 2.45) is 0 Å². The van der Waals surface area contributed by atoms with Crippen molar-refractivity contribution in [1.82, 2.24) is 0 Å². The molecule has 0 spiro atoms. The van der Waals surface area contributed by atoms with Crippen molar-refractivity contribution < 1.29 is 14.3 Å². The normalized spacial score (nSPS) is 9.94. The second kappa shape index (κ2) is 5.75. The third-order valence-corrected chi connectivity index (χ3v) is 2.59. The van der Waals surface area contributed by atoms with Gasteiger partial charge in [0.2, 0.25) is 0 Å². The topological polar surface area (TPSA) is 61.5 Å². The lowest BCUT2D eigenvalue weighted by atomic mass is 10.1. The van der Waals surface area contributed by atoms with Crippen LogP contribution in [0.2, 0.25) is 0 Å². The Morgan fingerprint density at radius 2 is 2.19 bits per heavy atom. The van der Waals surface area contributed by atoms with Gasteiger partial charge in [-0.25, -0.2) is 4.79 Å². The van der Waals surface area contributed by atoms with E-state index in [1.54, 1.807) is 12.1 Å². The molecule has 1 rings (SSSR count). The molecule has 0 saturated heterocycles. The summed E-state index contributed by atoms with van der Waals surface area (Å²) in [4.78, 5) is 11.4. The monoisotopic (exact) mass is 287 g/mol. The Kier molecular flexibility index (Phi) is 4.61. The molecule has 0 unspecified atom stereocenters. The number of hydrogen-bond acceptors (Lipinski definition) is 4. The van der Waals surface area contributed by atoms with Crippen LogP contribution in [0.3, 0.4) is 0 Å². The maximum Gasteiger partial charge on any atom is 0.340 e. The Hall–Kier alpha value is -1.23. The van der Waals surface area contributed by atoms with Crippen LogP contribution in [0, 0.1) is 0 Å². The van der Waals surface area contributed by atoms with Crippen LogP contribution in [-0.4, -0.2) is 19.7 Å². The Morgan fingerprint density at radius 3 is 2.75 bits per heavy atom. The minimum absolute atomic E-state index is 0.316. The van der Waals surface area contributed by atoms with Crippen LogP contribution < -0.4 is 10.5 Å². The molecular formula is C11H14BrNO3. The van der Waals surface area contributed by atoms with Gasteiger partial charge < -0.3 is 15.2 Å². The second-order valence-electron chi connectivity index (χ2n) is 3.21. The summed E-state index contributed by atoms with van der Waals surface area (Å²) in [7, 11) is 1.32. The Labute approximate surface area is 103 Å². The first-order valence-corrected chi connectivity index (χ1v) is 5.69. The Balaban J connectivity index is 3.06. The lowest BCUT2D eigenvalue weighted by Gasteiger charge is -2.10. The van der Waals surface area contributed by atoms with Crippen LogP contribution in [0.25, 0.3) is 0 Å². The first kappa shape index (κ1) is 12.8. The highest BCUT2D eigenvalue weighted by molar-refractivity contribution is 9.10. The SMILES string of the molecule is CCCOc1cc(C(=O)OC)c(N)cc1Br. The maximum atomic E-state index is 11.4. The van der Waals surface area contributed by atoms with Gasteiger partial charge in [0, 0.05) is 5.69 Å². The van der Waals surface area contributed by atoms with E-state index in [0.29, 0.717) is 23.6 Å². The molecule has 2 N–H and O–H groups in total. The molecule has 0 amide bonds. The highest BCUT2D eigenvalue weighted by atomic mass is 79.9. The summed E-state index contributed by atoms with van der Waals surface area (Å²) in [6.07, 6.45) is 0.893. The lowest BCUT2D eigenvalue weighted by molar-refractivity contribution is 0.0601. The molecule has 0 aliphatic carbocycles. The lowest BCUT2D eigenvalue weighted by Crippen LogP contribution is -2.07. The van der Waals surface area contributed by atoms with Crippen molar-refractivity contribution >= 4 is 27.6 Å².